The fraction of sp³-hybridized carbons (Fsp3) is 0.515. The number of aliphatic hydroxyl groups is 2. The number of aliphatic carboxylic acids is 4. The minimum absolute atomic E-state index is 0.0407. The molecular weight excluding hydrogens is 1490 g/mol. The predicted molar refractivity (Wildman–Crippen MR) is 391 cm³/mol. The van der Waals surface area contributed by atoms with Crippen LogP contribution in [-0.4, -0.2) is 270 Å². The van der Waals surface area contributed by atoms with Crippen molar-refractivity contribution >= 4 is 142 Å². The van der Waals surface area contributed by atoms with Crippen molar-refractivity contribution < 1.29 is 122 Å². The number of hydrogen-bond donors (Lipinski definition) is 25. The number of aromatic nitrogens is 1. The number of amides is 14. The number of carbonyl (C=O) groups is 18. The molecule has 0 radical (unpaired) electrons. The van der Waals surface area contributed by atoms with Crippen LogP contribution < -0.4 is 85.9 Å². The van der Waals surface area contributed by atoms with Gasteiger partial charge in [-0.25, -0.2) is 4.79 Å². The number of thioether (sulfide) groups is 1. The van der Waals surface area contributed by atoms with Crippen molar-refractivity contribution in [3.63, 3.8) is 0 Å². The number of rotatable bonds is 51. The molecule has 42 nitrogen and oxygen atoms in total. The van der Waals surface area contributed by atoms with Gasteiger partial charge in [-0.15, -0.1) is 11.8 Å². The SMILES string of the molecule is CC(=O)NCSC[C@H](NC(=O)[C@@H](N)CCC(=O)O)C(=O)N[C@@H](Cc1c[nH]c2ccccc12)C(=O)N[C@@H](CS)C(=O)N[C@@H](Cc1ccc(O)cc1)C(=O)N[C@@H](CCC(=O)O)C(=O)N[C@H](C(=O)N[C@@H](CCC(=O)O)C(=O)NCC(=O)N[C@H](C(=O)NCC(=O)NCC(=O)NCC(=O)N[C@@H](CCCCN)C(=O)O)[C@@H](C)O)[C@@H](C)O. The molecule has 3 rings (SSSR count). The molecule has 0 fully saturated rings. The van der Waals surface area contributed by atoms with Gasteiger partial charge in [-0.3, -0.25) is 81.5 Å². The molecule has 44 heteroatoms. The van der Waals surface area contributed by atoms with Gasteiger partial charge < -0.3 is 127 Å². The first-order chi connectivity index (χ1) is 51.9. The number of aliphatic hydroxyl groups excluding tert-OH is 2. The maximum absolute atomic E-state index is 14.6. The largest absolute Gasteiger partial charge is 0.508 e. The summed E-state index contributed by atoms with van der Waals surface area (Å²) in [6.45, 7) is 0.322. The van der Waals surface area contributed by atoms with E-state index in [4.69, 9.17) is 11.5 Å². The Hall–Kier alpha value is -11.2. The van der Waals surface area contributed by atoms with Gasteiger partial charge in [-0.05, 0) is 88.2 Å². The molecule has 2 aromatic carbocycles. The van der Waals surface area contributed by atoms with Gasteiger partial charge in [-0.1, -0.05) is 30.3 Å². The van der Waals surface area contributed by atoms with Gasteiger partial charge in [0.15, 0.2) is 0 Å². The zero-order valence-electron chi connectivity index (χ0n) is 60.0. The molecule has 0 aliphatic rings. The summed E-state index contributed by atoms with van der Waals surface area (Å²) in [5.41, 5.74) is 12.7. The number of hydrogen-bond acceptors (Lipinski definition) is 25. The van der Waals surface area contributed by atoms with E-state index in [1.54, 1.807) is 30.5 Å². The van der Waals surface area contributed by atoms with Crippen molar-refractivity contribution in [1.82, 2.24) is 79.4 Å². The van der Waals surface area contributed by atoms with Crippen molar-refractivity contribution in [2.24, 2.45) is 11.5 Å². The van der Waals surface area contributed by atoms with Gasteiger partial charge in [-0.2, -0.15) is 12.6 Å². The second kappa shape index (κ2) is 48.2. The Morgan fingerprint density at radius 1 is 0.473 bits per heavy atom. The Labute approximate surface area is 637 Å². The lowest BCUT2D eigenvalue weighted by Crippen LogP contribution is -2.62. The number of phenolic OH excluding ortho intramolecular Hbond substituents is 1. The van der Waals surface area contributed by atoms with E-state index in [2.05, 4.69) is 92.0 Å². The third kappa shape index (κ3) is 34.8. The standard InChI is InChI=1S/C66H95N17O25S2/c1-32(84)55(64(105)73-26-49(89)70-25-48(88)71-27-50(90)75-43(66(107)108)10-6-7-21-67)82-51(91)28-72-58(99)41(16-19-53(94)95)77-65(106)56(33(2)85)83-59(100)42(17-20-54(96)97)76-60(101)44(22-35-11-13-37(87)14-12-35)78-62(103)46(29-109)80-61(102)45(23-36-24-69-40-9-5-4-8-38(36)40)79-63(104)47(30-110-31-74-34(3)86)81-57(98)39(68)15-18-52(92)93/h4-5,8-9,11-14,24,32-33,39,41-47,55-56,69,84-85,87,109H,6-7,10,15-23,25-31,67-68H2,1-3H3,(H,70,89)(H,71,88)(H,72,99)(H,73,105)(H,74,86)(H,75,90)(H,76,101)(H,77,106)(H,78,103)(H,79,104)(H,80,102)(H,81,98)(H,82,91)(H,83,100)(H,92,93)(H,94,95)(H,96,97)(H,107,108)/t32-,33-,39+,41+,42+,43+,44+,45+,46+,47+,55+,56+/m1/s1. The van der Waals surface area contributed by atoms with Crippen molar-refractivity contribution in [2.45, 2.75) is 164 Å². The first kappa shape index (κ1) is 93.0. The number of H-pyrrole nitrogens is 1. The van der Waals surface area contributed by atoms with Crippen LogP contribution in [0.2, 0.25) is 0 Å². The summed E-state index contributed by atoms with van der Waals surface area (Å²) in [5.74, 6) is -21.4. The van der Waals surface area contributed by atoms with E-state index in [1.807, 2.05) is 0 Å². The predicted octanol–water partition coefficient (Wildman–Crippen LogP) is -7.86. The summed E-state index contributed by atoms with van der Waals surface area (Å²) in [4.78, 5) is 237. The van der Waals surface area contributed by atoms with Gasteiger partial charge in [0.2, 0.25) is 82.7 Å². The molecule has 3 aromatic rings. The van der Waals surface area contributed by atoms with E-state index in [-0.39, 0.29) is 42.2 Å². The zero-order valence-corrected chi connectivity index (χ0v) is 61.8. The minimum Gasteiger partial charge on any atom is -0.508 e. The Morgan fingerprint density at radius 2 is 0.936 bits per heavy atom. The van der Waals surface area contributed by atoms with Crippen LogP contribution in [0.1, 0.15) is 89.7 Å². The zero-order chi connectivity index (χ0) is 82.3. The van der Waals surface area contributed by atoms with Crippen LogP contribution in [0.5, 0.6) is 5.75 Å². The van der Waals surface area contributed by atoms with E-state index in [1.165, 1.54) is 31.2 Å². The quantitative estimate of drug-likeness (QED) is 0.0142. The monoisotopic (exact) mass is 1590 g/mol. The number of carboxylic acid groups (broad SMARTS) is 4. The highest BCUT2D eigenvalue weighted by atomic mass is 32.2. The molecule has 606 valence electrons. The molecule has 26 N–H and O–H groups in total. The molecule has 0 unspecified atom stereocenters. The molecular formula is C66H95N17O25S2. The molecule has 0 spiro atoms. The van der Waals surface area contributed by atoms with E-state index >= 15 is 0 Å². The highest BCUT2D eigenvalue weighted by molar-refractivity contribution is 7.99. The summed E-state index contributed by atoms with van der Waals surface area (Å²) in [6.07, 6.45) is -5.77. The first-order valence-electron chi connectivity index (χ1n) is 34.2. The Morgan fingerprint density at radius 3 is 1.50 bits per heavy atom. The van der Waals surface area contributed by atoms with E-state index in [0.29, 0.717) is 35.9 Å². The van der Waals surface area contributed by atoms with Crippen molar-refractivity contribution in [1.29, 1.82) is 0 Å². The number of fused-ring (bicyclic) bond motifs is 1. The van der Waals surface area contributed by atoms with Gasteiger partial charge in [0, 0.05) is 67.6 Å². The summed E-state index contributed by atoms with van der Waals surface area (Å²) in [6, 6.07) is -4.95. The molecule has 12 atom stereocenters. The fourth-order valence-corrected chi connectivity index (χ4v) is 11.1. The number of nitrogens with one attached hydrogen (secondary N) is 15. The summed E-state index contributed by atoms with van der Waals surface area (Å²) >= 11 is 5.28. The third-order valence-corrected chi connectivity index (χ3v) is 17.2. The van der Waals surface area contributed by atoms with E-state index in [9.17, 15) is 122 Å². The molecule has 110 heavy (non-hydrogen) atoms. The highest BCUT2D eigenvalue weighted by Crippen LogP contribution is 2.20. The number of aromatic hydroxyl groups is 1. The summed E-state index contributed by atoms with van der Waals surface area (Å²) in [7, 11) is 0. The van der Waals surface area contributed by atoms with E-state index < -0.39 is 250 Å². The molecule has 0 aliphatic carbocycles. The Balaban J connectivity index is 1.83. The average Bonchev–Trinajstić information content (AvgIpc) is 1.60. The lowest BCUT2D eigenvalue weighted by molar-refractivity contribution is -0.142. The van der Waals surface area contributed by atoms with Crippen molar-refractivity contribution in [2.75, 3.05) is 50.1 Å². The van der Waals surface area contributed by atoms with Crippen LogP contribution in [0.15, 0.2) is 54.7 Å². The number of unbranched alkanes of at least 4 members (excludes halogenated alkanes) is 1. The summed E-state index contributed by atoms with van der Waals surface area (Å²) < 4.78 is 0. The van der Waals surface area contributed by atoms with Crippen LogP contribution in [0.4, 0.5) is 0 Å². The van der Waals surface area contributed by atoms with Crippen LogP contribution in [0, 0.1) is 0 Å². The average molecular weight is 1590 g/mol. The third-order valence-electron chi connectivity index (χ3n) is 15.9. The van der Waals surface area contributed by atoms with Crippen LogP contribution in [-0.2, 0) is 99.1 Å². The number of para-hydroxylation sites is 1. The Bertz CT molecular complexity index is 3740. The molecule has 0 saturated carbocycles. The van der Waals surface area contributed by atoms with Crippen LogP contribution in [0.25, 0.3) is 10.9 Å². The maximum atomic E-state index is 14.6. The van der Waals surface area contributed by atoms with Crippen LogP contribution >= 0.6 is 24.4 Å². The second-order valence-corrected chi connectivity index (χ2v) is 26.3. The number of nitrogens with two attached hydrogens (primary N) is 2. The molecule has 0 aliphatic heterocycles. The number of aromatic amines is 1. The summed E-state index contributed by atoms with van der Waals surface area (Å²) in [5, 5.41) is 102. The molecule has 0 saturated heterocycles. The maximum Gasteiger partial charge on any atom is 0.326 e. The molecule has 14 amide bonds. The molecule has 0 bridgehead atoms. The van der Waals surface area contributed by atoms with E-state index in [0.717, 1.165) is 25.6 Å². The minimum atomic E-state index is -2.11. The molecule has 1 heterocycles. The number of carboxylic acids is 4. The number of benzene rings is 2. The second-order valence-electron chi connectivity index (χ2n) is 24.9. The smallest absolute Gasteiger partial charge is 0.326 e. The normalized spacial score (nSPS) is 14.2. The fourth-order valence-electron chi connectivity index (χ4n) is 9.96. The number of phenols is 1. The lowest BCUT2D eigenvalue weighted by Gasteiger charge is -2.28. The number of carbonyl (C=O) groups excluding carboxylic acids is 14. The first-order valence-corrected chi connectivity index (χ1v) is 36.0. The molecule has 1 aromatic heterocycles. The van der Waals surface area contributed by atoms with Crippen LogP contribution in [0.3, 0.4) is 0 Å². The van der Waals surface area contributed by atoms with Crippen molar-refractivity contribution in [3.8, 4) is 5.75 Å². The Kier molecular flexibility index (Phi) is 40.8. The van der Waals surface area contributed by atoms with Gasteiger partial charge in [0.25, 0.3) is 0 Å². The topological polar surface area (TPSA) is 685 Å². The van der Waals surface area contributed by atoms with Crippen molar-refractivity contribution in [3.05, 3.63) is 65.9 Å². The van der Waals surface area contributed by atoms with Gasteiger partial charge in [0.05, 0.1) is 50.3 Å². The number of thiol groups is 1. The van der Waals surface area contributed by atoms with Gasteiger partial charge >= 0.3 is 23.9 Å². The lowest BCUT2D eigenvalue weighted by atomic mass is 10.0. The van der Waals surface area contributed by atoms with Gasteiger partial charge in [0.1, 0.15) is 60.1 Å². The highest BCUT2D eigenvalue weighted by Gasteiger charge is 2.37.